The van der Waals surface area contributed by atoms with Gasteiger partial charge in [0.1, 0.15) is 5.75 Å². The van der Waals surface area contributed by atoms with Gasteiger partial charge in [-0.1, -0.05) is 28.1 Å². The van der Waals surface area contributed by atoms with Gasteiger partial charge in [-0.15, -0.1) is 0 Å². The van der Waals surface area contributed by atoms with Crippen LogP contribution in [0.15, 0.2) is 59.1 Å². The fourth-order valence-electron chi connectivity index (χ4n) is 3.26. The number of benzene rings is 2. The molecule has 0 saturated carbocycles. The van der Waals surface area contributed by atoms with E-state index in [4.69, 9.17) is 4.74 Å². The van der Waals surface area contributed by atoms with Crippen LogP contribution in [0, 0.1) is 13.8 Å². The summed E-state index contributed by atoms with van der Waals surface area (Å²) in [6.45, 7) is 6.23. The molecule has 0 radical (unpaired) electrons. The normalized spacial score (nSPS) is 10.5. The van der Waals surface area contributed by atoms with E-state index in [1.807, 2.05) is 55.7 Å². The van der Waals surface area contributed by atoms with Gasteiger partial charge in [0.2, 0.25) is 0 Å². The number of nitrogens with zero attached hydrogens (tertiary/aromatic N) is 1. The molecule has 0 atom stereocenters. The lowest BCUT2D eigenvalue weighted by Crippen LogP contribution is -2.28. The quantitative estimate of drug-likeness (QED) is 0.529. The third-order valence-electron chi connectivity index (χ3n) is 4.58. The monoisotopic (exact) mass is 469 g/mol. The standard InChI is InChI=1S/C23H24BrN3O3/c1-4-25-22(28)14-30-20-10-6-8-18(13-20)26-23(29)21-11-15(2)27(16(21)3)19-9-5-7-17(24)12-19/h5-13H,4,14H2,1-3H3,(H,25,28)(H,26,29). The fourth-order valence-corrected chi connectivity index (χ4v) is 3.65. The SMILES string of the molecule is CCNC(=O)COc1cccc(NC(=O)c2cc(C)n(-c3cccc(Br)c3)c2C)c1. The summed E-state index contributed by atoms with van der Waals surface area (Å²) in [5.74, 6) is 0.121. The van der Waals surface area contributed by atoms with Crippen LogP contribution in [0.2, 0.25) is 0 Å². The molecule has 3 rings (SSSR count). The second-order valence-corrected chi connectivity index (χ2v) is 7.74. The highest BCUT2D eigenvalue weighted by atomic mass is 79.9. The van der Waals surface area contributed by atoms with Crippen molar-refractivity contribution in [3.63, 3.8) is 0 Å². The maximum Gasteiger partial charge on any atom is 0.257 e. The van der Waals surface area contributed by atoms with Crippen molar-refractivity contribution in [3.8, 4) is 11.4 Å². The summed E-state index contributed by atoms with van der Waals surface area (Å²) in [7, 11) is 0. The average Bonchev–Trinajstić information content (AvgIpc) is 3.01. The number of aryl methyl sites for hydroxylation is 1. The highest BCUT2D eigenvalue weighted by Crippen LogP contribution is 2.24. The molecule has 0 aliphatic carbocycles. The molecule has 156 valence electrons. The number of anilines is 1. The van der Waals surface area contributed by atoms with Crippen molar-refractivity contribution >= 4 is 33.4 Å². The smallest absolute Gasteiger partial charge is 0.257 e. The maximum absolute atomic E-state index is 12.9. The molecule has 2 N–H and O–H groups in total. The van der Waals surface area contributed by atoms with Crippen LogP contribution in [-0.4, -0.2) is 29.5 Å². The van der Waals surface area contributed by atoms with Crippen molar-refractivity contribution in [1.29, 1.82) is 0 Å². The Morgan fingerprint density at radius 2 is 1.83 bits per heavy atom. The number of halogens is 1. The minimum atomic E-state index is -0.203. The van der Waals surface area contributed by atoms with E-state index in [1.54, 1.807) is 24.3 Å². The Bertz CT molecular complexity index is 1080. The van der Waals surface area contributed by atoms with Gasteiger partial charge >= 0.3 is 0 Å². The first-order valence-electron chi connectivity index (χ1n) is 9.65. The largest absolute Gasteiger partial charge is 0.484 e. The summed E-state index contributed by atoms with van der Waals surface area (Å²) < 4.78 is 8.51. The van der Waals surface area contributed by atoms with Crippen LogP contribution < -0.4 is 15.4 Å². The zero-order valence-corrected chi connectivity index (χ0v) is 18.7. The molecule has 6 nitrogen and oxygen atoms in total. The lowest BCUT2D eigenvalue weighted by atomic mass is 10.2. The summed E-state index contributed by atoms with van der Waals surface area (Å²) in [5, 5.41) is 5.59. The Morgan fingerprint density at radius 1 is 1.07 bits per heavy atom. The minimum Gasteiger partial charge on any atom is -0.484 e. The second-order valence-electron chi connectivity index (χ2n) is 6.82. The van der Waals surface area contributed by atoms with Crippen LogP contribution in [0.25, 0.3) is 5.69 Å². The van der Waals surface area contributed by atoms with Gasteiger partial charge in [0.25, 0.3) is 11.8 Å². The number of nitrogens with one attached hydrogen (secondary N) is 2. The molecular weight excluding hydrogens is 446 g/mol. The van der Waals surface area contributed by atoms with E-state index in [9.17, 15) is 9.59 Å². The third-order valence-corrected chi connectivity index (χ3v) is 5.07. The summed E-state index contributed by atoms with van der Waals surface area (Å²) in [5.41, 5.74) is 4.00. The zero-order chi connectivity index (χ0) is 21.7. The van der Waals surface area contributed by atoms with Gasteiger partial charge in [-0.25, -0.2) is 0 Å². The molecule has 1 aromatic heterocycles. The summed E-state index contributed by atoms with van der Waals surface area (Å²) in [6, 6.07) is 16.8. The van der Waals surface area contributed by atoms with Crippen LogP contribution in [0.5, 0.6) is 5.75 Å². The average molecular weight is 470 g/mol. The number of carbonyl (C=O) groups is 2. The summed E-state index contributed by atoms with van der Waals surface area (Å²) in [6.07, 6.45) is 0. The van der Waals surface area contributed by atoms with Crippen molar-refractivity contribution in [2.45, 2.75) is 20.8 Å². The molecule has 0 saturated heterocycles. The topological polar surface area (TPSA) is 72.4 Å². The first-order chi connectivity index (χ1) is 14.4. The van der Waals surface area contributed by atoms with Crippen LogP contribution >= 0.6 is 15.9 Å². The van der Waals surface area contributed by atoms with Gasteiger partial charge in [0.05, 0.1) is 5.56 Å². The fraction of sp³-hybridized carbons (Fsp3) is 0.217. The number of hydrogen-bond acceptors (Lipinski definition) is 3. The van der Waals surface area contributed by atoms with Crippen molar-refractivity contribution in [3.05, 3.63) is 76.0 Å². The van der Waals surface area contributed by atoms with E-state index >= 15 is 0 Å². The minimum absolute atomic E-state index is 0.0704. The van der Waals surface area contributed by atoms with Crippen LogP contribution in [-0.2, 0) is 4.79 Å². The first-order valence-corrected chi connectivity index (χ1v) is 10.4. The third kappa shape index (κ3) is 5.10. The zero-order valence-electron chi connectivity index (χ0n) is 17.2. The Hall–Kier alpha value is -3.06. The highest BCUT2D eigenvalue weighted by Gasteiger charge is 2.17. The van der Waals surface area contributed by atoms with E-state index in [2.05, 4.69) is 26.6 Å². The van der Waals surface area contributed by atoms with Crippen LogP contribution in [0.1, 0.15) is 28.7 Å². The van der Waals surface area contributed by atoms with Gasteiger partial charge in [-0.2, -0.15) is 0 Å². The number of ether oxygens (including phenoxy) is 1. The van der Waals surface area contributed by atoms with Crippen molar-refractivity contribution < 1.29 is 14.3 Å². The van der Waals surface area contributed by atoms with Gasteiger partial charge in [-0.3, -0.25) is 9.59 Å². The molecule has 2 aromatic carbocycles. The summed E-state index contributed by atoms with van der Waals surface area (Å²) >= 11 is 3.50. The molecule has 0 fully saturated rings. The van der Waals surface area contributed by atoms with Crippen molar-refractivity contribution in [2.24, 2.45) is 0 Å². The predicted molar refractivity (Wildman–Crippen MR) is 122 cm³/mol. The molecule has 0 bridgehead atoms. The number of rotatable bonds is 7. The van der Waals surface area contributed by atoms with E-state index in [1.165, 1.54) is 0 Å². The maximum atomic E-state index is 12.9. The number of amides is 2. The van der Waals surface area contributed by atoms with Gasteiger partial charge < -0.3 is 19.9 Å². The first kappa shape index (κ1) is 21.6. The number of hydrogen-bond donors (Lipinski definition) is 2. The van der Waals surface area contributed by atoms with Crippen molar-refractivity contribution in [2.75, 3.05) is 18.5 Å². The van der Waals surface area contributed by atoms with E-state index < -0.39 is 0 Å². The number of likely N-dealkylation sites (N-methyl/N-ethyl adjacent to an activating group) is 1. The number of carbonyl (C=O) groups excluding carboxylic acids is 2. The highest BCUT2D eigenvalue weighted by molar-refractivity contribution is 9.10. The number of aromatic nitrogens is 1. The molecule has 7 heteroatoms. The molecule has 0 aliphatic heterocycles. The Labute approximate surface area is 184 Å². The lowest BCUT2D eigenvalue weighted by molar-refractivity contribution is -0.122. The summed E-state index contributed by atoms with van der Waals surface area (Å²) in [4.78, 5) is 24.5. The van der Waals surface area contributed by atoms with E-state index in [-0.39, 0.29) is 18.4 Å². The molecule has 0 spiro atoms. The van der Waals surface area contributed by atoms with E-state index in [0.29, 0.717) is 23.5 Å². The second kappa shape index (κ2) is 9.63. The molecule has 0 unspecified atom stereocenters. The molecular formula is C23H24BrN3O3. The van der Waals surface area contributed by atoms with Gasteiger partial charge in [0.15, 0.2) is 6.61 Å². The van der Waals surface area contributed by atoms with Gasteiger partial charge in [-0.05, 0) is 57.2 Å². The Morgan fingerprint density at radius 3 is 2.57 bits per heavy atom. The van der Waals surface area contributed by atoms with E-state index in [0.717, 1.165) is 21.5 Å². The molecule has 2 amide bonds. The van der Waals surface area contributed by atoms with Gasteiger partial charge in [0, 0.05) is 39.8 Å². The predicted octanol–water partition coefficient (Wildman–Crippen LogP) is 4.62. The molecule has 30 heavy (non-hydrogen) atoms. The van der Waals surface area contributed by atoms with Crippen LogP contribution in [0.3, 0.4) is 0 Å². The Kier molecular flexibility index (Phi) is 6.95. The van der Waals surface area contributed by atoms with Crippen LogP contribution in [0.4, 0.5) is 5.69 Å². The lowest BCUT2D eigenvalue weighted by Gasteiger charge is -2.11. The molecule has 0 aliphatic rings. The van der Waals surface area contributed by atoms with Crippen molar-refractivity contribution in [1.82, 2.24) is 9.88 Å². The molecule has 1 heterocycles. The molecule has 3 aromatic rings. The Balaban J connectivity index is 1.76.